The third-order valence-corrected chi connectivity index (χ3v) is 8.28. The van der Waals surface area contributed by atoms with Gasteiger partial charge in [-0.3, -0.25) is 9.36 Å². The summed E-state index contributed by atoms with van der Waals surface area (Å²) in [4.78, 5) is 32.5. The molecule has 2 aromatic heterocycles. The van der Waals surface area contributed by atoms with Gasteiger partial charge in [0.15, 0.2) is 4.80 Å². The van der Waals surface area contributed by atoms with Crippen molar-refractivity contribution in [2.45, 2.75) is 40.7 Å². The molecule has 0 amide bonds. The van der Waals surface area contributed by atoms with Crippen molar-refractivity contribution in [3.8, 4) is 17.2 Å². The van der Waals surface area contributed by atoms with Crippen molar-refractivity contribution in [2.24, 2.45) is 4.99 Å². The van der Waals surface area contributed by atoms with Crippen molar-refractivity contribution in [3.05, 3.63) is 108 Å². The van der Waals surface area contributed by atoms with Gasteiger partial charge in [0.05, 0.1) is 36.6 Å². The number of fused-ring (bicyclic) bond motifs is 1. The van der Waals surface area contributed by atoms with Crippen LogP contribution in [0.4, 0.5) is 0 Å². The Bertz CT molecular complexity index is 1860. The van der Waals surface area contributed by atoms with E-state index in [-0.39, 0.29) is 12.2 Å². The number of hydrogen-bond donors (Lipinski definition) is 0. The number of thiazole rings is 1. The standard InChI is InChI=1S/C32H33N3O5S/c1-8-40-31(37)28-20(4)33-32-35(29(28)25-14-13-24(38-6)17-26(25)39-7)30(36)27(41-32)16-22-15-19(3)34(21(22)5)23-11-9-18(2)10-12-23/h9-17,29H,8H2,1-7H3/b27-16-/t29-/m0/s1. The summed E-state index contributed by atoms with van der Waals surface area (Å²) in [5.74, 6) is 0.565. The monoisotopic (exact) mass is 571 g/mol. The van der Waals surface area contributed by atoms with Crippen LogP contribution in [0.2, 0.25) is 0 Å². The first-order valence-electron chi connectivity index (χ1n) is 13.4. The van der Waals surface area contributed by atoms with Crippen molar-refractivity contribution in [1.82, 2.24) is 9.13 Å². The molecule has 0 saturated heterocycles. The number of carbonyl (C=O) groups excluding carboxylic acids is 1. The van der Waals surface area contributed by atoms with E-state index < -0.39 is 12.0 Å². The molecule has 5 rings (SSSR count). The van der Waals surface area contributed by atoms with Crippen LogP contribution in [0.5, 0.6) is 11.5 Å². The van der Waals surface area contributed by atoms with E-state index >= 15 is 0 Å². The smallest absolute Gasteiger partial charge is 0.338 e. The summed E-state index contributed by atoms with van der Waals surface area (Å²) >= 11 is 1.30. The Labute approximate surface area is 242 Å². The van der Waals surface area contributed by atoms with Gasteiger partial charge in [0.25, 0.3) is 5.56 Å². The number of hydrogen-bond acceptors (Lipinski definition) is 7. The molecular weight excluding hydrogens is 538 g/mol. The number of methoxy groups -OCH3 is 2. The van der Waals surface area contributed by atoms with Gasteiger partial charge in [-0.15, -0.1) is 0 Å². The highest BCUT2D eigenvalue weighted by Crippen LogP contribution is 2.37. The number of benzene rings is 2. The quantitative estimate of drug-likeness (QED) is 0.305. The Hall–Kier alpha value is -4.37. The molecule has 1 aliphatic rings. The molecule has 212 valence electrons. The molecule has 0 N–H and O–H groups in total. The molecule has 0 aliphatic carbocycles. The van der Waals surface area contributed by atoms with Crippen molar-refractivity contribution in [2.75, 3.05) is 20.8 Å². The molecule has 41 heavy (non-hydrogen) atoms. The first kappa shape index (κ1) is 28.2. The number of esters is 1. The number of aromatic nitrogens is 2. The van der Waals surface area contributed by atoms with Crippen LogP contribution in [-0.2, 0) is 9.53 Å². The van der Waals surface area contributed by atoms with Gasteiger partial charge < -0.3 is 18.8 Å². The highest BCUT2D eigenvalue weighted by Gasteiger charge is 2.35. The van der Waals surface area contributed by atoms with E-state index in [0.717, 1.165) is 22.6 Å². The molecule has 4 aromatic rings. The molecule has 0 spiro atoms. The maximum atomic E-state index is 14.1. The van der Waals surface area contributed by atoms with Crippen LogP contribution in [0.3, 0.4) is 0 Å². The fourth-order valence-corrected chi connectivity index (χ4v) is 6.33. The molecular formula is C32H33N3O5S. The fraction of sp³-hybridized carbons (Fsp3) is 0.281. The Morgan fingerprint density at radius 3 is 2.41 bits per heavy atom. The minimum Gasteiger partial charge on any atom is -0.497 e. The average molecular weight is 572 g/mol. The van der Waals surface area contributed by atoms with E-state index in [4.69, 9.17) is 14.2 Å². The van der Waals surface area contributed by atoms with Gasteiger partial charge in [-0.25, -0.2) is 9.79 Å². The molecule has 2 aromatic carbocycles. The summed E-state index contributed by atoms with van der Waals surface area (Å²) < 4.78 is 20.8. The van der Waals surface area contributed by atoms with Crippen molar-refractivity contribution in [1.29, 1.82) is 0 Å². The lowest BCUT2D eigenvalue weighted by atomic mass is 9.95. The van der Waals surface area contributed by atoms with Gasteiger partial charge in [0.2, 0.25) is 0 Å². The van der Waals surface area contributed by atoms with Gasteiger partial charge in [-0.05, 0) is 76.6 Å². The first-order chi connectivity index (χ1) is 19.7. The van der Waals surface area contributed by atoms with E-state index in [1.807, 2.05) is 19.1 Å². The molecule has 0 saturated carbocycles. The Kier molecular flexibility index (Phi) is 7.73. The summed E-state index contributed by atoms with van der Waals surface area (Å²) in [6.45, 7) is 9.87. The number of ether oxygens (including phenoxy) is 3. The summed E-state index contributed by atoms with van der Waals surface area (Å²) in [5.41, 5.74) is 6.46. The molecule has 1 aliphatic heterocycles. The molecule has 0 radical (unpaired) electrons. The van der Waals surface area contributed by atoms with Crippen LogP contribution < -0.4 is 24.4 Å². The average Bonchev–Trinajstić information content (AvgIpc) is 3.41. The summed E-state index contributed by atoms with van der Waals surface area (Å²) in [6, 6.07) is 15.0. The maximum absolute atomic E-state index is 14.1. The SMILES string of the molecule is CCOC(=O)C1=C(C)N=c2s/c(=C\c3cc(C)n(-c4ccc(C)cc4)c3C)c(=O)n2[C@H]1c1ccc(OC)cc1OC. The van der Waals surface area contributed by atoms with Crippen molar-refractivity contribution < 1.29 is 19.0 Å². The topological polar surface area (TPSA) is 84.1 Å². The number of nitrogens with zero attached hydrogens (tertiary/aromatic N) is 3. The minimum atomic E-state index is -0.784. The van der Waals surface area contributed by atoms with Crippen molar-refractivity contribution in [3.63, 3.8) is 0 Å². The van der Waals surface area contributed by atoms with Gasteiger partial charge in [-0.1, -0.05) is 29.0 Å². The van der Waals surface area contributed by atoms with Gasteiger partial charge in [-0.2, -0.15) is 0 Å². The second-order valence-corrected chi connectivity index (χ2v) is 10.9. The zero-order valence-corrected chi connectivity index (χ0v) is 25.1. The largest absolute Gasteiger partial charge is 0.497 e. The lowest BCUT2D eigenvalue weighted by molar-refractivity contribution is -0.139. The van der Waals surface area contributed by atoms with Crippen LogP contribution in [0, 0.1) is 20.8 Å². The van der Waals surface area contributed by atoms with Crippen LogP contribution >= 0.6 is 11.3 Å². The normalized spacial score (nSPS) is 15.0. The molecule has 0 bridgehead atoms. The van der Waals surface area contributed by atoms with Gasteiger partial charge in [0.1, 0.15) is 17.5 Å². The zero-order chi connectivity index (χ0) is 29.4. The predicted octanol–water partition coefficient (Wildman–Crippen LogP) is 4.53. The molecule has 0 fully saturated rings. The Morgan fingerprint density at radius 2 is 1.76 bits per heavy atom. The number of aryl methyl sites for hydroxylation is 2. The van der Waals surface area contributed by atoms with Crippen LogP contribution in [0.15, 0.2) is 69.6 Å². The molecule has 8 nitrogen and oxygen atoms in total. The predicted molar refractivity (Wildman–Crippen MR) is 160 cm³/mol. The Balaban J connectivity index is 1.72. The number of rotatable bonds is 7. The second kappa shape index (κ2) is 11.2. The molecule has 9 heteroatoms. The van der Waals surface area contributed by atoms with Crippen LogP contribution in [0.25, 0.3) is 11.8 Å². The highest BCUT2D eigenvalue weighted by atomic mass is 32.1. The van der Waals surface area contributed by atoms with E-state index in [9.17, 15) is 9.59 Å². The van der Waals surface area contributed by atoms with Crippen LogP contribution in [-0.4, -0.2) is 35.9 Å². The molecule has 3 heterocycles. The zero-order valence-electron chi connectivity index (χ0n) is 24.3. The minimum absolute atomic E-state index is 0.198. The summed E-state index contributed by atoms with van der Waals surface area (Å²) in [7, 11) is 3.12. The van der Waals surface area contributed by atoms with E-state index in [0.29, 0.717) is 37.7 Å². The van der Waals surface area contributed by atoms with Crippen LogP contribution in [0.1, 0.15) is 48.0 Å². The molecule has 1 atom stereocenters. The summed E-state index contributed by atoms with van der Waals surface area (Å²) in [5, 5.41) is 0. The van der Waals surface area contributed by atoms with Crippen molar-refractivity contribution >= 4 is 23.4 Å². The number of carbonyl (C=O) groups is 1. The van der Waals surface area contributed by atoms with Gasteiger partial charge >= 0.3 is 5.97 Å². The third kappa shape index (κ3) is 5.02. The number of allylic oxidation sites excluding steroid dienone is 1. The first-order valence-corrected chi connectivity index (χ1v) is 14.2. The van der Waals surface area contributed by atoms with E-state index in [2.05, 4.69) is 53.7 Å². The summed E-state index contributed by atoms with van der Waals surface area (Å²) in [6.07, 6.45) is 1.91. The lowest BCUT2D eigenvalue weighted by Gasteiger charge is -2.26. The van der Waals surface area contributed by atoms with E-state index in [1.54, 1.807) is 44.8 Å². The lowest BCUT2D eigenvalue weighted by Crippen LogP contribution is -2.40. The van der Waals surface area contributed by atoms with E-state index in [1.165, 1.54) is 16.9 Å². The maximum Gasteiger partial charge on any atom is 0.338 e. The molecule has 0 unspecified atom stereocenters. The highest BCUT2D eigenvalue weighted by molar-refractivity contribution is 7.07. The second-order valence-electron chi connectivity index (χ2n) is 9.91. The Morgan fingerprint density at radius 1 is 1.02 bits per heavy atom. The fourth-order valence-electron chi connectivity index (χ4n) is 5.30. The third-order valence-electron chi connectivity index (χ3n) is 7.30. The van der Waals surface area contributed by atoms with Gasteiger partial charge in [0, 0.05) is 28.7 Å².